The average molecular weight is 202 g/mol. The Kier molecular flexibility index (Phi) is 9.98. The zero-order chi connectivity index (χ0) is 11.4. The van der Waals surface area contributed by atoms with Crippen LogP contribution in [0.5, 0.6) is 0 Å². The Balaban J connectivity index is 0.000000921. The van der Waals surface area contributed by atoms with Crippen LogP contribution in [0.4, 0.5) is 0 Å². The summed E-state index contributed by atoms with van der Waals surface area (Å²) in [5.41, 5.74) is 1.49. The molecule has 0 spiro atoms. The molecule has 0 N–H and O–H groups in total. The van der Waals surface area contributed by atoms with Crippen molar-refractivity contribution < 1.29 is 0 Å². The molecule has 0 aromatic heterocycles. The van der Waals surface area contributed by atoms with Crippen LogP contribution in [-0.4, -0.2) is 0 Å². The van der Waals surface area contributed by atoms with Gasteiger partial charge in [-0.3, -0.25) is 0 Å². The van der Waals surface area contributed by atoms with Gasteiger partial charge in [-0.1, -0.05) is 62.9 Å². The van der Waals surface area contributed by atoms with Crippen LogP contribution in [0, 0.1) is 12.8 Å². The van der Waals surface area contributed by atoms with Gasteiger partial charge < -0.3 is 0 Å². The normalized spacial score (nSPS) is 9.00. The van der Waals surface area contributed by atoms with Crippen LogP contribution >= 0.6 is 0 Å². The molecule has 1 rings (SSSR count). The molecule has 0 heterocycles. The van der Waals surface area contributed by atoms with Gasteiger partial charge in [-0.15, -0.1) is 12.8 Å². The second-order valence-electron chi connectivity index (χ2n) is 3.65. The van der Waals surface area contributed by atoms with Gasteiger partial charge >= 0.3 is 0 Å². The molecule has 0 aliphatic heterocycles. The van der Waals surface area contributed by atoms with Crippen molar-refractivity contribution in [2.24, 2.45) is 0 Å². The minimum atomic E-state index is 1.25. The van der Waals surface area contributed by atoms with Gasteiger partial charge in [0.1, 0.15) is 0 Å². The van der Waals surface area contributed by atoms with Gasteiger partial charge in [-0.05, 0) is 18.4 Å². The maximum absolute atomic E-state index is 4.00. The number of hydrogen-bond donors (Lipinski definition) is 0. The Morgan fingerprint density at radius 1 is 0.867 bits per heavy atom. The molecule has 0 fully saturated rings. The molecule has 1 aromatic carbocycles. The molecule has 0 nitrogen and oxygen atoms in total. The topological polar surface area (TPSA) is 0 Å². The number of terminal acetylenes is 1. The Hall–Kier alpha value is -1.22. The molecule has 0 aliphatic carbocycles. The zero-order valence-corrected chi connectivity index (χ0v) is 9.78. The monoisotopic (exact) mass is 202 g/mol. The van der Waals surface area contributed by atoms with Crippen LogP contribution in [0.15, 0.2) is 30.3 Å². The summed E-state index contributed by atoms with van der Waals surface area (Å²) in [5.74, 6) is 0. The van der Waals surface area contributed by atoms with Crippen LogP contribution < -0.4 is 0 Å². The first-order valence-electron chi connectivity index (χ1n) is 5.80. The number of unbranched alkanes of at least 4 members (excludes halogenated alkanes) is 4. The van der Waals surface area contributed by atoms with Crippen LogP contribution in [0.2, 0.25) is 0 Å². The number of rotatable bonds is 6. The van der Waals surface area contributed by atoms with E-state index >= 15 is 0 Å². The quantitative estimate of drug-likeness (QED) is 0.472. The summed E-state index contributed by atoms with van der Waals surface area (Å²) in [6.45, 7) is 2.26. The summed E-state index contributed by atoms with van der Waals surface area (Å²) in [6.07, 6.45) is 16.1. The number of aryl methyl sites for hydroxylation is 1. The van der Waals surface area contributed by atoms with Crippen LogP contribution in [-0.2, 0) is 6.42 Å². The third-order valence-corrected chi connectivity index (χ3v) is 2.41. The fourth-order valence-electron chi connectivity index (χ4n) is 1.58. The first-order chi connectivity index (χ1) is 7.43. The highest BCUT2D eigenvalue weighted by molar-refractivity contribution is 5.14. The molecular weight excluding hydrogens is 180 g/mol. The van der Waals surface area contributed by atoms with Gasteiger partial charge in [0, 0.05) is 0 Å². The van der Waals surface area contributed by atoms with E-state index in [1.807, 2.05) is 0 Å². The van der Waals surface area contributed by atoms with Crippen molar-refractivity contribution in [3.05, 3.63) is 35.9 Å². The van der Waals surface area contributed by atoms with Crippen molar-refractivity contribution >= 4 is 0 Å². The van der Waals surface area contributed by atoms with E-state index in [9.17, 15) is 0 Å². The second-order valence-corrected chi connectivity index (χ2v) is 3.65. The SMILES string of the molecule is C#C.CCCCCCCc1ccccc1. The highest BCUT2D eigenvalue weighted by Gasteiger charge is 1.91. The largest absolute Gasteiger partial charge is 0.124 e. The van der Waals surface area contributed by atoms with E-state index in [0.29, 0.717) is 0 Å². The van der Waals surface area contributed by atoms with E-state index in [0.717, 1.165) is 0 Å². The summed E-state index contributed by atoms with van der Waals surface area (Å²) in [5, 5.41) is 0. The lowest BCUT2D eigenvalue weighted by molar-refractivity contribution is 0.632. The van der Waals surface area contributed by atoms with E-state index in [4.69, 9.17) is 0 Å². The summed E-state index contributed by atoms with van der Waals surface area (Å²) in [6, 6.07) is 10.8. The summed E-state index contributed by atoms with van der Waals surface area (Å²) in [4.78, 5) is 0. The third kappa shape index (κ3) is 7.82. The van der Waals surface area contributed by atoms with Crippen LogP contribution in [0.3, 0.4) is 0 Å². The Morgan fingerprint density at radius 2 is 1.47 bits per heavy atom. The standard InChI is InChI=1S/C13H20.C2H2/c1-2-3-4-5-7-10-13-11-8-6-9-12-13;1-2/h6,8-9,11-12H,2-5,7,10H2,1H3;1-2H. The summed E-state index contributed by atoms with van der Waals surface area (Å²) in [7, 11) is 0. The van der Waals surface area contributed by atoms with Gasteiger partial charge in [-0.25, -0.2) is 0 Å². The van der Waals surface area contributed by atoms with Crippen molar-refractivity contribution in [3.8, 4) is 12.8 Å². The fourth-order valence-corrected chi connectivity index (χ4v) is 1.58. The Morgan fingerprint density at radius 3 is 2.07 bits per heavy atom. The summed E-state index contributed by atoms with van der Waals surface area (Å²) >= 11 is 0. The molecule has 82 valence electrons. The van der Waals surface area contributed by atoms with Crippen molar-refractivity contribution in [3.63, 3.8) is 0 Å². The molecule has 0 atom stereocenters. The lowest BCUT2D eigenvalue weighted by Crippen LogP contribution is -1.84. The Labute approximate surface area is 94.7 Å². The predicted molar refractivity (Wildman–Crippen MR) is 68.8 cm³/mol. The van der Waals surface area contributed by atoms with E-state index in [2.05, 4.69) is 50.1 Å². The van der Waals surface area contributed by atoms with Gasteiger partial charge in [0.2, 0.25) is 0 Å². The average Bonchev–Trinajstić information content (AvgIpc) is 2.33. The molecule has 0 aliphatic rings. The van der Waals surface area contributed by atoms with Gasteiger partial charge in [0.05, 0.1) is 0 Å². The maximum Gasteiger partial charge on any atom is -0.0279 e. The highest BCUT2D eigenvalue weighted by atomic mass is 14.0. The molecule has 15 heavy (non-hydrogen) atoms. The lowest BCUT2D eigenvalue weighted by Gasteiger charge is -2.00. The minimum absolute atomic E-state index is 1.25. The Bertz CT molecular complexity index is 233. The van der Waals surface area contributed by atoms with Crippen LogP contribution in [0.1, 0.15) is 44.6 Å². The molecule has 0 saturated carbocycles. The fraction of sp³-hybridized carbons (Fsp3) is 0.467. The first-order valence-corrected chi connectivity index (χ1v) is 5.80. The van der Waals surface area contributed by atoms with Crippen molar-refractivity contribution in [2.75, 3.05) is 0 Å². The molecular formula is C15H22. The smallest absolute Gasteiger partial charge is 0.0279 e. The van der Waals surface area contributed by atoms with Crippen LogP contribution in [0.25, 0.3) is 0 Å². The molecule has 0 heteroatoms. The predicted octanol–water partition coefficient (Wildman–Crippen LogP) is 4.45. The lowest BCUT2D eigenvalue weighted by atomic mass is 10.1. The minimum Gasteiger partial charge on any atom is -0.124 e. The number of benzene rings is 1. The number of hydrogen-bond acceptors (Lipinski definition) is 0. The van der Waals surface area contributed by atoms with Gasteiger partial charge in [-0.2, -0.15) is 0 Å². The van der Waals surface area contributed by atoms with E-state index in [-0.39, 0.29) is 0 Å². The van der Waals surface area contributed by atoms with Crippen molar-refractivity contribution in [2.45, 2.75) is 45.4 Å². The molecule has 0 unspecified atom stereocenters. The zero-order valence-electron chi connectivity index (χ0n) is 9.78. The maximum atomic E-state index is 4.00. The van der Waals surface area contributed by atoms with E-state index in [1.165, 1.54) is 44.1 Å². The van der Waals surface area contributed by atoms with E-state index in [1.54, 1.807) is 0 Å². The molecule has 0 radical (unpaired) electrons. The summed E-state index contributed by atoms with van der Waals surface area (Å²) < 4.78 is 0. The van der Waals surface area contributed by atoms with Crippen molar-refractivity contribution in [1.82, 2.24) is 0 Å². The second kappa shape index (κ2) is 10.9. The molecule has 1 aromatic rings. The van der Waals surface area contributed by atoms with E-state index < -0.39 is 0 Å². The molecule has 0 saturated heterocycles. The highest BCUT2D eigenvalue weighted by Crippen LogP contribution is 2.08. The first kappa shape index (κ1) is 13.8. The van der Waals surface area contributed by atoms with Gasteiger partial charge in [0.25, 0.3) is 0 Å². The van der Waals surface area contributed by atoms with Gasteiger partial charge in [0.15, 0.2) is 0 Å². The van der Waals surface area contributed by atoms with Crippen molar-refractivity contribution in [1.29, 1.82) is 0 Å². The molecule has 0 bridgehead atoms. The third-order valence-electron chi connectivity index (χ3n) is 2.41. The molecule has 0 amide bonds.